The van der Waals surface area contributed by atoms with Crippen LogP contribution in [0.25, 0.3) is 0 Å². The van der Waals surface area contributed by atoms with Crippen LogP contribution in [0.1, 0.15) is 10.4 Å². The predicted molar refractivity (Wildman–Crippen MR) is 73.8 cm³/mol. The Kier molecular flexibility index (Phi) is 4.48. The Hall–Kier alpha value is -0.780. The molecule has 0 fully saturated rings. The van der Waals surface area contributed by atoms with Gasteiger partial charge in [0, 0.05) is 16.5 Å². The SMILES string of the molecule is NC(Cc1ccc(Br)s1)Cc1c(F)cccc1F. The Morgan fingerprint density at radius 3 is 2.33 bits per heavy atom. The van der Waals surface area contributed by atoms with Crippen molar-refractivity contribution in [3.05, 3.63) is 56.2 Å². The van der Waals surface area contributed by atoms with E-state index >= 15 is 0 Å². The van der Waals surface area contributed by atoms with Crippen LogP contribution in [0.5, 0.6) is 0 Å². The summed E-state index contributed by atoms with van der Waals surface area (Å²) in [4.78, 5) is 1.10. The molecule has 1 nitrogen and oxygen atoms in total. The highest BCUT2D eigenvalue weighted by atomic mass is 79.9. The lowest BCUT2D eigenvalue weighted by molar-refractivity contribution is 0.534. The molecule has 1 atom stereocenters. The minimum absolute atomic E-state index is 0.0700. The maximum atomic E-state index is 13.5. The molecule has 0 spiro atoms. The van der Waals surface area contributed by atoms with Gasteiger partial charge in [0.2, 0.25) is 0 Å². The molecular weight excluding hydrogens is 320 g/mol. The van der Waals surface area contributed by atoms with Gasteiger partial charge in [-0.15, -0.1) is 11.3 Å². The van der Waals surface area contributed by atoms with Gasteiger partial charge in [0.25, 0.3) is 0 Å². The van der Waals surface area contributed by atoms with E-state index in [9.17, 15) is 8.78 Å². The van der Waals surface area contributed by atoms with E-state index in [1.54, 1.807) is 11.3 Å². The third-order valence-corrected chi connectivity index (χ3v) is 4.27. The Balaban J connectivity index is 2.05. The van der Waals surface area contributed by atoms with Gasteiger partial charge in [-0.05, 0) is 53.0 Å². The number of rotatable bonds is 4. The molecule has 2 N–H and O–H groups in total. The average Bonchev–Trinajstić information content (AvgIpc) is 2.69. The van der Waals surface area contributed by atoms with Crippen LogP contribution in [0.2, 0.25) is 0 Å². The summed E-state index contributed by atoms with van der Waals surface area (Å²) in [5, 5.41) is 0. The molecule has 18 heavy (non-hydrogen) atoms. The van der Waals surface area contributed by atoms with Crippen LogP contribution >= 0.6 is 27.3 Å². The highest BCUT2D eigenvalue weighted by Crippen LogP contribution is 2.24. The molecule has 0 saturated carbocycles. The van der Waals surface area contributed by atoms with Gasteiger partial charge in [0.15, 0.2) is 0 Å². The molecule has 0 radical (unpaired) electrons. The first-order valence-electron chi connectivity index (χ1n) is 5.49. The largest absolute Gasteiger partial charge is 0.327 e. The monoisotopic (exact) mass is 331 g/mol. The number of hydrogen-bond acceptors (Lipinski definition) is 2. The first-order valence-corrected chi connectivity index (χ1v) is 7.10. The molecule has 0 aliphatic carbocycles. The van der Waals surface area contributed by atoms with E-state index in [-0.39, 0.29) is 18.0 Å². The fourth-order valence-electron chi connectivity index (χ4n) is 1.78. The minimum Gasteiger partial charge on any atom is -0.327 e. The summed E-state index contributed by atoms with van der Waals surface area (Å²) in [6.07, 6.45) is 0.818. The molecule has 0 aliphatic rings. The topological polar surface area (TPSA) is 26.0 Å². The lowest BCUT2D eigenvalue weighted by Gasteiger charge is -2.11. The van der Waals surface area contributed by atoms with Crippen molar-refractivity contribution in [1.82, 2.24) is 0 Å². The van der Waals surface area contributed by atoms with Gasteiger partial charge < -0.3 is 5.73 Å². The van der Waals surface area contributed by atoms with Gasteiger partial charge in [0.05, 0.1) is 3.79 Å². The van der Waals surface area contributed by atoms with E-state index < -0.39 is 11.6 Å². The van der Waals surface area contributed by atoms with Crippen molar-refractivity contribution < 1.29 is 8.78 Å². The molecule has 1 aromatic heterocycles. The third-order valence-electron chi connectivity index (χ3n) is 2.62. The molecular formula is C13H12BrF2NS. The van der Waals surface area contributed by atoms with Crippen LogP contribution in [-0.2, 0) is 12.8 Å². The van der Waals surface area contributed by atoms with Crippen LogP contribution in [-0.4, -0.2) is 6.04 Å². The molecule has 2 rings (SSSR count). The molecule has 2 aromatic rings. The summed E-state index contributed by atoms with van der Waals surface area (Å²) < 4.78 is 27.9. The van der Waals surface area contributed by atoms with Gasteiger partial charge in [-0.3, -0.25) is 0 Å². The zero-order valence-corrected chi connectivity index (χ0v) is 11.9. The smallest absolute Gasteiger partial charge is 0.129 e. The Bertz CT molecular complexity index is 521. The number of hydrogen-bond donors (Lipinski definition) is 1. The van der Waals surface area contributed by atoms with Crippen molar-refractivity contribution >= 4 is 27.3 Å². The molecule has 0 bridgehead atoms. The maximum absolute atomic E-state index is 13.5. The second-order valence-corrected chi connectivity index (χ2v) is 6.62. The number of thiophene rings is 1. The van der Waals surface area contributed by atoms with E-state index in [0.29, 0.717) is 6.42 Å². The highest BCUT2D eigenvalue weighted by Gasteiger charge is 2.13. The van der Waals surface area contributed by atoms with Crippen molar-refractivity contribution in [2.45, 2.75) is 18.9 Å². The molecule has 0 aliphatic heterocycles. The molecule has 0 saturated heterocycles. The van der Waals surface area contributed by atoms with Gasteiger partial charge in [-0.1, -0.05) is 6.07 Å². The van der Waals surface area contributed by atoms with Crippen LogP contribution in [0.3, 0.4) is 0 Å². The second kappa shape index (κ2) is 5.91. The van der Waals surface area contributed by atoms with E-state index in [1.807, 2.05) is 12.1 Å². The third kappa shape index (κ3) is 3.37. The van der Waals surface area contributed by atoms with Crippen molar-refractivity contribution in [2.24, 2.45) is 5.73 Å². The fraction of sp³-hybridized carbons (Fsp3) is 0.231. The summed E-state index contributed by atoms with van der Waals surface area (Å²) in [6, 6.07) is 7.49. The molecule has 1 aromatic carbocycles. The van der Waals surface area contributed by atoms with Crippen LogP contribution in [0.15, 0.2) is 34.1 Å². The summed E-state index contributed by atoms with van der Waals surface area (Å²) >= 11 is 4.95. The van der Waals surface area contributed by atoms with Crippen LogP contribution < -0.4 is 5.73 Å². The summed E-state index contributed by atoms with van der Waals surface area (Å²) in [6.45, 7) is 0. The van der Waals surface area contributed by atoms with E-state index in [4.69, 9.17) is 5.73 Å². The summed E-state index contributed by atoms with van der Waals surface area (Å²) in [5.74, 6) is -1.06. The van der Waals surface area contributed by atoms with Crippen molar-refractivity contribution in [3.8, 4) is 0 Å². The number of nitrogens with two attached hydrogens (primary N) is 1. The lowest BCUT2D eigenvalue weighted by Crippen LogP contribution is -2.26. The summed E-state index contributed by atoms with van der Waals surface area (Å²) in [7, 11) is 0. The molecule has 96 valence electrons. The van der Waals surface area contributed by atoms with Crippen molar-refractivity contribution in [1.29, 1.82) is 0 Å². The maximum Gasteiger partial charge on any atom is 0.129 e. The molecule has 5 heteroatoms. The van der Waals surface area contributed by atoms with Gasteiger partial charge in [-0.25, -0.2) is 8.78 Å². The summed E-state index contributed by atoms with van der Waals surface area (Å²) in [5.41, 5.74) is 6.01. The Morgan fingerprint density at radius 2 is 1.78 bits per heavy atom. The van der Waals surface area contributed by atoms with Crippen LogP contribution in [0, 0.1) is 11.6 Å². The molecule has 1 unspecified atom stereocenters. The van der Waals surface area contributed by atoms with E-state index in [2.05, 4.69) is 15.9 Å². The number of halogens is 3. The molecule has 0 amide bonds. The standard InChI is InChI=1S/C13H12BrF2NS/c14-13-5-4-9(18-13)6-8(17)7-10-11(15)2-1-3-12(10)16/h1-5,8H,6-7,17H2. The Morgan fingerprint density at radius 1 is 1.11 bits per heavy atom. The first kappa shape index (κ1) is 13.6. The van der Waals surface area contributed by atoms with Gasteiger partial charge >= 0.3 is 0 Å². The van der Waals surface area contributed by atoms with Crippen molar-refractivity contribution in [2.75, 3.05) is 0 Å². The van der Waals surface area contributed by atoms with E-state index in [0.717, 1.165) is 8.66 Å². The fourth-order valence-corrected chi connectivity index (χ4v) is 3.36. The minimum atomic E-state index is -0.530. The zero-order valence-electron chi connectivity index (χ0n) is 9.50. The van der Waals surface area contributed by atoms with Crippen molar-refractivity contribution in [3.63, 3.8) is 0 Å². The second-order valence-electron chi connectivity index (χ2n) is 4.07. The van der Waals surface area contributed by atoms with Crippen LogP contribution in [0.4, 0.5) is 8.78 Å². The average molecular weight is 332 g/mol. The Labute approximate surface area is 117 Å². The first-order chi connectivity index (χ1) is 8.56. The van der Waals surface area contributed by atoms with E-state index in [1.165, 1.54) is 18.2 Å². The lowest BCUT2D eigenvalue weighted by atomic mass is 10.0. The van der Waals surface area contributed by atoms with Gasteiger partial charge in [-0.2, -0.15) is 0 Å². The normalized spacial score (nSPS) is 12.7. The van der Waals surface area contributed by atoms with Gasteiger partial charge in [0.1, 0.15) is 11.6 Å². The highest BCUT2D eigenvalue weighted by molar-refractivity contribution is 9.11. The molecule has 1 heterocycles. The predicted octanol–water partition coefficient (Wildman–Crippen LogP) is 3.90. The quantitative estimate of drug-likeness (QED) is 0.903. The zero-order chi connectivity index (χ0) is 13.1. The number of benzene rings is 1.